The lowest BCUT2D eigenvalue weighted by Crippen LogP contribution is -2.06. The van der Waals surface area contributed by atoms with Gasteiger partial charge in [0.15, 0.2) is 0 Å². The monoisotopic (exact) mass is 302 g/mol. The maximum absolute atomic E-state index is 10.3. The fourth-order valence-electron chi connectivity index (χ4n) is 1.31. The van der Waals surface area contributed by atoms with Gasteiger partial charge in [0.25, 0.3) is 0 Å². The van der Waals surface area contributed by atoms with Crippen molar-refractivity contribution in [3.63, 3.8) is 0 Å². The molecule has 100 valence electrons. The highest BCUT2D eigenvalue weighted by atomic mass is 35.5. The standard InChI is InChI=1S/C11H8Cl2N2O4/c12-6-1-2-7(8(13)3-6)11-15-14-9(19-11)4-18-5-10(16)17/h1-3H,4-5H2,(H,16,17). The molecule has 0 radical (unpaired) electrons. The highest BCUT2D eigenvalue weighted by molar-refractivity contribution is 6.36. The number of hydrogen-bond acceptors (Lipinski definition) is 5. The van der Waals surface area contributed by atoms with E-state index in [9.17, 15) is 4.79 Å². The van der Waals surface area contributed by atoms with Crippen LogP contribution in [-0.4, -0.2) is 27.9 Å². The molecule has 1 aromatic carbocycles. The Kier molecular flexibility index (Phi) is 4.36. The van der Waals surface area contributed by atoms with Crippen LogP contribution in [0.3, 0.4) is 0 Å². The topological polar surface area (TPSA) is 85.5 Å². The number of carboxylic acids is 1. The van der Waals surface area contributed by atoms with Crippen molar-refractivity contribution in [1.29, 1.82) is 0 Å². The third-order valence-corrected chi connectivity index (χ3v) is 2.63. The first-order valence-electron chi connectivity index (χ1n) is 5.13. The van der Waals surface area contributed by atoms with Crippen molar-refractivity contribution >= 4 is 29.2 Å². The van der Waals surface area contributed by atoms with Crippen LogP contribution < -0.4 is 0 Å². The quantitative estimate of drug-likeness (QED) is 0.914. The molecule has 6 nitrogen and oxygen atoms in total. The smallest absolute Gasteiger partial charge is 0.329 e. The van der Waals surface area contributed by atoms with Crippen LogP contribution >= 0.6 is 23.2 Å². The van der Waals surface area contributed by atoms with Crippen LogP contribution in [0.2, 0.25) is 10.0 Å². The minimum atomic E-state index is -1.07. The van der Waals surface area contributed by atoms with E-state index >= 15 is 0 Å². The molecule has 0 bridgehead atoms. The highest BCUT2D eigenvalue weighted by Gasteiger charge is 2.12. The summed E-state index contributed by atoms with van der Waals surface area (Å²) in [5, 5.41) is 16.8. The van der Waals surface area contributed by atoms with Crippen LogP contribution in [-0.2, 0) is 16.1 Å². The van der Waals surface area contributed by atoms with Gasteiger partial charge in [-0.3, -0.25) is 0 Å². The summed E-state index contributed by atoms with van der Waals surface area (Å²) < 4.78 is 10.1. The van der Waals surface area contributed by atoms with Crippen LogP contribution in [0.25, 0.3) is 11.5 Å². The molecule has 0 saturated heterocycles. The van der Waals surface area contributed by atoms with Gasteiger partial charge in [-0.25, -0.2) is 4.79 Å². The van der Waals surface area contributed by atoms with E-state index in [1.165, 1.54) is 0 Å². The molecule has 1 heterocycles. The van der Waals surface area contributed by atoms with Crippen molar-refractivity contribution in [2.24, 2.45) is 0 Å². The van der Waals surface area contributed by atoms with E-state index in [4.69, 9.17) is 37.5 Å². The Balaban J connectivity index is 2.10. The minimum absolute atomic E-state index is 0.0789. The number of ether oxygens (including phenoxy) is 1. The van der Waals surface area contributed by atoms with Gasteiger partial charge >= 0.3 is 5.97 Å². The van der Waals surface area contributed by atoms with Gasteiger partial charge in [0, 0.05) is 5.02 Å². The van der Waals surface area contributed by atoms with Gasteiger partial charge in [-0.2, -0.15) is 0 Å². The Morgan fingerprint density at radius 3 is 2.84 bits per heavy atom. The van der Waals surface area contributed by atoms with Crippen LogP contribution in [0.1, 0.15) is 5.89 Å². The third kappa shape index (κ3) is 3.66. The summed E-state index contributed by atoms with van der Waals surface area (Å²) in [4.78, 5) is 10.3. The molecule has 0 atom stereocenters. The summed E-state index contributed by atoms with van der Waals surface area (Å²) >= 11 is 11.8. The molecular formula is C11H8Cl2N2O4. The molecule has 0 saturated carbocycles. The summed E-state index contributed by atoms with van der Waals surface area (Å²) in [6, 6.07) is 4.86. The van der Waals surface area contributed by atoms with E-state index in [0.29, 0.717) is 15.6 Å². The Bertz CT molecular complexity index is 600. The SMILES string of the molecule is O=C(O)COCc1nnc(-c2ccc(Cl)cc2Cl)o1. The Labute approximate surface area is 117 Å². The molecule has 19 heavy (non-hydrogen) atoms. The number of benzene rings is 1. The van der Waals surface area contributed by atoms with E-state index in [0.717, 1.165) is 0 Å². The van der Waals surface area contributed by atoms with Gasteiger partial charge < -0.3 is 14.3 Å². The second-order valence-electron chi connectivity index (χ2n) is 3.51. The van der Waals surface area contributed by atoms with Gasteiger partial charge in [-0.15, -0.1) is 10.2 Å². The van der Waals surface area contributed by atoms with E-state index in [1.807, 2.05) is 0 Å². The van der Waals surface area contributed by atoms with Crippen molar-refractivity contribution in [3.05, 3.63) is 34.1 Å². The van der Waals surface area contributed by atoms with Crippen LogP contribution in [0.15, 0.2) is 22.6 Å². The Hall–Kier alpha value is -1.63. The molecular weight excluding hydrogens is 295 g/mol. The largest absolute Gasteiger partial charge is 0.480 e. The number of rotatable bonds is 5. The normalized spacial score (nSPS) is 10.6. The van der Waals surface area contributed by atoms with Gasteiger partial charge in [0.2, 0.25) is 11.8 Å². The molecule has 0 aliphatic carbocycles. The number of aliphatic carboxylic acids is 1. The number of carbonyl (C=O) groups is 1. The van der Waals surface area contributed by atoms with Gasteiger partial charge in [-0.05, 0) is 18.2 Å². The first kappa shape index (κ1) is 13.8. The van der Waals surface area contributed by atoms with E-state index in [1.54, 1.807) is 18.2 Å². The van der Waals surface area contributed by atoms with Crippen LogP contribution in [0.5, 0.6) is 0 Å². The highest BCUT2D eigenvalue weighted by Crippen LogP contribution is 2.29. The van der Waals surface area contributed by atoms with Crippen molar-refractivity contribution < 1.29 is 19.1 Å². The lowest BCUT2D eigenvalue weighted by Gasteiger charge is -1.99. The molecule has 2 rings (SSSR count). The number of aromatic nitrogens is 2. The molecule has 0 fully saturated rings. The second-order valence-corrected chi connectivity index (χ2v) is 4.36. The molecule has 0 unspecified atom stereocenters. The zero-order valence-electron chi connectivity index (χ0n) is 9.47. The zero-order chi connectivity index (χ0) is 13.8. The predicted molar refractivity (Wildman–Crippen MR) is 67.0 cm³/mol. The molecule has 0 spiro atoms. The molecule has 8 heteroatoms. The fourth-order valence-corrected chi connectivity index (χ4v) is 1.80. The molecule has 1 aromatic heterocycles. The Morgan fingerprint density at radius 2 is 2.16 bits per heavy atom. The van der Waals surface area contributed by atoms with Crippen LogP contribution in [0, 0.1) is 0 Å². The summed E-state index contributed by atoms with van der Waals surface area (Å²) in [6.45, 7) is -0.510. The average molecular weight is 303 g/mol. The molecule has 2 aromatic rings. The van der Waals surface area contributed by atoms with Gasteiger partial charge in [0.1, 0.15) is 13.2 Å². The number of hydrogen-bond donors (Lipinski definition) is 1. The fraction of sp³-hybridized carbons (Fsp3) is 0.182. The van der Waals surface area contributed by atoms with E-state index in [-0.39, 0.29) is 18.4 Å². The first-order valence-corrected chi connectivity index (χ1v) is 5.89. The number of nitrogens with zero attached hydrogens (tertiary/aromatic N) is 2. The number of halogens is 2. The molecule has 1 N–H and O–H groups in total. The molecule has 0 aliphatic rings. The van der Waals surface area contributed by atoms with Crippen molar-refractivity contribution in [2.75, 3.05) is 6.61 Å². The molecule has 0 amide bonds. The first-order chi connectivity index (χ1) is 9.06. The maximum atomic E-state index is 10.3. The zero-order valence-corrected chi connectivity index (χ0v) is 11.0. The van der Waals surface area contributed by atoms with Gasteiger partial charge in [0.05, 0.1) is 10.6 Å². The summed E-state index contributed by atoms with van der Waals surface area (Å²) in [5.41, 5.74) is 0.544. The summed E-state index contributed by atoms with van der Waals surface area (Å²) in [6.07, 6.45) is 0. The average Bonchev–Trinajstić information content (AvgIpc) is 2.77. The van der Waals surface area contributed by atoms with Crippen molar-refractivity contribution in [1.82, 2.24) is 10.2 Å². The van der Waals surface area contributed by atoms with Crippen molar-refractivity contribution in [2.45, 2.75) is 6.61 Å². The molecule has 0 aliphatic heterocycles. The minimum Gasteiger partial charge on any atom is -0.480 e. The van der Waals surface area contributed by atoms with E-state index < -0.39 is 12.6 Å². The van der Waals surface area contributed by atoms with Crippen LogP contribution in [0.4, 0.5) is 0 Å². The summed E-state index contributed by atoms with van der Waals surface area (Å²) in [7, 11) is 0. The third-order valence-electron chi connectivity index (χ3n) is 2.08. The number of carboxylic acid groups (broad SMARTS) is 1. The summed E-state index contributed by atoms with van der Waals surface area (Å²) in [5.74, 6) is -0.682. The van der Waals surface area contributed by atoms with E-state index in [2.05, 4.69) is 10.2 Å². The lowest BCUT2D eigenvalue weighted by molar-refractivity contribution is -0.142. The van der Waals surface area contributed by atoms with Gasteiger partial charge in [-0.1, -0.05) is 23.2 Å². The second kappa shape index (κ2) is 6.01. The van der Waals surface area contributed by atoms with Crippen molar-refractivity contribution in [3.8, 4) is 11.5 Å². The lowest BCUT2D eigenvalue weighted by atomic mass is 10.2. The predicted octanol–water partition coefficient (Wildman–Crippen LogP) is 2.64. The Morgan fingerprint density at radius 1 is 1.37 bits per heavy atom. The maximum Gasteiger partial charge on any atom is 0.329 e.